The molecule has 100 valence electrons. The second kappa shape index (κ2) is 6.79. The zero-order valence-corrected chi connectivity index (χ0v) is 11.6. The summed E-state index contributed by atoms with van der Waals surface area (Å²) >= 11 is 0. The second-order valence-corrected chi connectivity index (χ2v) is 5.33. The van der Waals surface area contributed by atoms with Gasteiger partial charge in [-0.2, -0.15) is 0 Å². The van der Waals surface area contributed by atoms with Crippen LogP contribution < -0.4 is 10.1 Å². The topological polar surface area (TPSA) is 21.3 Å². The number of ether oxygens (including phenoxy) is 1. The van der Waals surface area contributed by atoms with E-state index in [1.54, 1.807) is 0 Å². The van der Waals surface area contributed by atoms with Crippen molar-refractivity contribution >= 4 is 0 Å². The highest BCUT2D eigenvalue weighted by Gasteiger charge is 2.20. The summed E-state index contributed by atoms with van der Waals surface area (Å²) in [5.74, 6) is 1.79. The van der Waals surface area contributed by atoms with Gasteiger partial charge >= 0.3 is 0 Å². The number of hydrogen-bond acceptors (Lipinski definition) is 2. The Balaban J connectivity index is 1.82. The molecule has 0 bridgehead atoms. The normalized spacial score (nSPS) is 23.9. The monoisotopic (exact) mass is 247 g/mol. The summed E-state index contributed by atoms with van der Waals surface area (Å²) in [6.45, 7) is 6.09. The molecular formula is C16H25NO. The summed E-state index contributed by atoms with van der Waals surface area (Å²) in [5.41, 5.74) is 1.34. The summed E-state index contributed by atoms with van der Waals surface area (Å²) in [4.78, 5) is 0. The van der Waals surface area contributed by atoms with Gasteiger partial charge in [-0.25, -0.2) is 0 Å². The Kier molecular flexibility index (Phi) is 5.06. The Morgan fingerprint density at radius 2 is 1.89 bits per heavy atom. The molecule has 0 radical (unpaired) electrons. The van der Waals surface area contributed by atoms with E-state index < -0.39 is 0 Å². The Morgan fingerprint density at radius 1 is 1.17 bits per heavy atom. The minimum atomic E-state index is 0.699. The van der Waals surface area contributed by atoms with Gasteiger partial charge in [-0.3, -0.25) is 0 Å². The number of nitrogens with one attached hydrogen (secondary N) is 1. The van der Waals surface area contributed by atoms with Crippen LogP contribution in [0.1, 0.15) is 45.1 Å². The molecule has 0 saturated heterocycles. The maximum absolute atomic E-state index is 5.45. The van der Waals surface area contributed by atoms with Gasteiger partial charge in [0.2, 0.25) is 0 Å². The van der Waals surface area contributed by atoms with Crippen LogP contribution in [0.5, 0.6) is 5.75 Å². The standard InChI is InChI=1S/C16H25NO/c1-3-18-15-10-8-14(9-11-15)12-17-16-7-5-4-6-13(16)2/h8-11,13,16-17H,3-7,12H2,1-2H3/t13-,16+/m0/s1. The van der Waals surface area contributed by atoms with E-state index >= 15 is 0 Å². The highest BCUT2D eigenvalue weighted by Crippen LogP contribution is 2.24. The fourth-order valence-corrected chi connectivity index (χ4v) is 2.74. The average molecular weight is 247 g/mol. The highest BCUT2D eigenvalue weighted by molar-refractivity contribution is 5.27. The van der Waals surface area contributed by atoms with Gasteiger partial charge in [-0.05, 0) is 43.4 Å². The zero-order chi connectivity index (χ0) is 12.8. The smallest absolute Gasteiger partial charge is 0.119 e. The quantitative estimate of drug-likeness (QED) is 0.855. The van der Waals surface area contributed by atoms with E-state index in [0.29, 0.717) is 6.04 Å². The van der Waals surface area contributed by atoms with Gasteiger partial charge in [0.15, 0.2) is 0 Å². The van der Waals surface area contributed by atoms with Gasteiger partial charge in [0.05, 0.1) is 6.61 Å². The third-order valence-corrected chi connectivity index (χ3v) is 3.91. The number of hydrogen-bond donors (Lipinski definition) is 1. The van der Waals surface area contributed by atoms with Crippen molar-refractivity contribution in [2.24, 2.45) is 5.92 Å². The molecule has 1 N–H and O–H groups in total. The lowest BCUT2D eigenvalue weighted by atomic mass is 9.86. The van der Waals surface area contributed by atoms with E-state index in [0.717, 1.165) is 24.8 Å². The minimum absolute atomic E-state index is 0.699. The van der Waals surface area contributed by atoms with Crippen molar-refractivity contribution in [1.29, 1.82) is 0 Å². The average Bonchev–Trinajstić information content (AvgIpc) is 2.40. The summed E-state index contributed by atoms with van der Waals surface area (Å²) in [6.07, 6.45) is 5.49. The van der Waals surface area contributed by atoms with Crippen molar-refractivity contribution in [2.75, 3.05) is 6.61 Å². The molecule has 0 amide bonds. The van der Waals surface area contributed by atoms with Crippen molar-refractivity contribution in [3.63, 3.8) is 0 Å². The molecule has 1 aromatic rings. The van der Waals surface area contributed by atoms with Crippen LogP contribution in [-0.4, -0.2) is 12.6 Å². The van der Waals surface area contributed by atoms with Crippen LogP contribution in [0.3, 0.4) is 0 Å². The third-order valence-electron chi connectivity index (χ3n) is 3.91. The van der Waals surface area contributed by atoms with Crippen molar-refractivity contribution in [3.8, 4) is 5.75 Å². The molecule has 0 spiro atoms. The Hall–Kier alpha value is -1.02. The highest BCUT2D eigenvalue weighted by atomic mass is 16.5. The largest absolute Gasteiger partial charge is 0.494 e. The molecule has 1 aliphatic rings. The molecule has 1 aromatic carbocycles. The molecule has 1 fully saturated rings. The van der Waals surface area contributed by atoms with E-state index in [1.165, 1.54) is 31.2 Å². The molecule has 0 aliphatic heterocycles. The lowest BCUT2D eigenvalue weighted by molar-refractivity contribution is 0.279. The fourth-order valence-electron chi connectivity index (χ4n) is 2.74. The van der Waals surface area contributed by atoms with Crippen LogP contribution in [0.15, 0.2) is 24.3 Å². The molecule has 2 rings (SSSR count). The first kappa shape index (κ1) is 13.4. The SMILES string of the molecule is CCOc1ccc(CN[C@@H]2CCCC[C@@H]2C)cc1. The van der Waals surface area contributed by atoms with E-state index in [9.17, 15) is 0 Å². The van der Waals surface area contributed by atoms with Crippen LogP contribution in [0.2, 0.25) is 0 Å². The van der Waals surface area contributed by atoms with Crippen molar-refractivity contribution < 1.29 is 4.74 Å². The molecular weight excluding hydrogens is 222 g/mol. The first-order chi connectivity index (χ1) is 8.79. The van der Waals surface area contributed by atoms with Crippen molar-refractivity contribution in [2.45, 2.75) is 52.1 Å². The predicted octanol–water partition coefficient (Wildman–Crippen LogP) is 3.75. The van der Waals surface area contributed by atoms with Gasteiger partial charge in [0.1, 0.15) is 5.75 Å². The lowest BCUT2D eigenvalue weighted by Gasteiger charge is -2.29. The molecule has 0 aromatic heterocycles. The molecule has 2 nitrogen and oxygen atoms in total. The number of benzene rings is 1. The number of rotatable bonds is 5. The molecule has 2 heteroatoms. The molecule has 0 heterocycles. The van der Waals surface area contributed by atoms with Gasteiger partial charge < -0.3 is 10.1 Å². The lowest BCUT2D eigenvalue weighted by Crippen LogP contribution is -2.36. The van der Waals surface area contributed by atoms with Crippen LogP contribution in [0.4, 0.5) is 0 Å². The van der Waals surface area contributed by atoms with Gasteiger partial charge in [-0.15, -0.1) is 0 Å². The van der Waals surface area contributed by atoms with Gasteiger partial charge in [-0.1, -0.05) is 31.9 Å². The van der Waals surface area contributed by atoms with Crippen LogP contribution >= 0.6 is 0 Å². The summed E-state index contributed by atoms with van der Waals surface area (Å²) in [5, 5.41) is 3.70. The molecule has 2 atom stereocenters. The van der Waals surface area contributed by atoms with E-state index in [4.69, 9.17) is 4.74 Å². The molecule has 1 saturated carbocycles. The molecule has 1 aliphatic carbocycles. The van der Waals surface area contributed by atoms with E-state index in [2.05, 4.69) is 36.5 Å². The maximum atomic E-state index is 5.45. The predicted molar refractivity (Wildman–Crippen MR) is 75.9 cm³/mol. The Morgan fingerprint density at radius 3 is 2.56 bits per heavy atom. The fraction of sp³-hybridized carbons (Fsp3) is 0.625. The summed E-state index contributed by atoms with van der Waals surface area (Å²) in [7, 11) is 0. The Bertz CT molecular complexity index is 347. The van der Waals surface area contributed by atoms with Crippen LogP contribution in [0.25, 0.3) is 0 Å². The molecule has 0 unspecified atom stereocenters. The summed E-state index contributed by atoms with van der Waals surface area (Å²) in [6, 6.07) is 9.14. The minimum Gasteiger partial charge on any atom is -0.494 e. The summed E-state index contributed by atoms with van der Waals surface area (Å²) < 4.78 is 5.45. The molecule has 18 heavy (non-hydrogen) atoms. The van der Waals surface area contributed by atoms with Gasteiger partial charge in [0.25, 0.3) is 0 Å². The van der Waals surface area contributed by atoms with E-state index in [-0.39, 0.29) is 0 Å². The van der Waals surface area contributed by atoms with E-state index in [1.807, 2.05) is 6.92 Å². The third kappa shape index (κ3) is 3.74. The van der Waals surface area contributed by atoms with Crippen LogP contribution in [-0.2, 0) is 6.54 Å². The zero-order valence-electron chi connectivity index (χ0n) is 11.6. The first-order valence-electron chi connectivity index (χ1n) is 7.24. The van der Waals surface area contributed by atoms with Crippen LogP contribution in [0, 0.1) is 5.92 Å². The Labute approximate surface area is 111 Å². The van der Waals surface area contributed by atoms with Gasteiger partial charge in [0, 0.05) is 12.6 Å². The first-order valence-corrected chi connectivity index (χ1v) is 7.24. The maximum Gasteiger partial charge on any atom is 0.119 e. The van der Waals surface area contributed by atoms with Crippen molar-refractivity contribution in [1.82, 2.24) is 5.32 Å². The van der Waals surface area contributed by atoms with Crippen molar-refractivity contribution in [3.05, 3.63) is 29.8 Å². The second-order valence-electron chi connectivity index (χ2n) is 5.33.